The number of alkyl halides is 1. The van der Waals surface area contributed by atoms with Crippen LogP contribution in [0, 0.1) is 6.92 Å². The molecular weight excluding hydrogens is 290 g/mol. The molecule has 102 valence electrons. The maximum atomic E-state index is 4.37. The Morgan fingerprint density at radius 2 is 2.11 bits per heavy atom. The van der Waals surface area contributed by atoms with Gasteiger partial charge in [0, 0.05) is 30.7 Å². The van der Waals surface area contributed by atoms with Gasteiger partial charge in [-0.1, -0.05) is 35.2 Å². The van der Waals surface area contributed by atoms with Crippen LogP contribution < -0.4 is 0 Å². The van der Waals surface area contributed by atoms with Gasteiger partial charge in [-0.25, -0.2) is 0 Å². The first-order valence-corrected chi connectivity index (χ1v) is 8.21. The van der Waals surface area contributed by atoms with Gasteiger partial charge in [0.2, 0.25) is 0 Å². The van der Waals surface area contributed by atoms with Crippen molar-refractivity contribution >= 4 is 15.9 Å². The van der Waals surface area contributed by atoms with Crippen LogP contribution in [-0.2, 0) is 6.54 Å². The van der Waals surface area contributed by atoms with Gasteiger partial charge in [0.1, 0.15) is 0 Å². The molecule has 0 aromatic carbocycles. The van der Waals surface area contributed by atoms with E-state index in [0.717, 1.165) is 31.0 Å². The number of nitrogens with zero attached hydrogens (tertiary/aromatic N) is 3. The Morgan fingerprint density at radius 1 is 1.33 bits per heavy atom. The minimum Gasteiger partial charge on any atom is -0.298 e. The second kappa shape index (κ2) is 7.29. The van der Waals surface area contributed by atoms with Crippen LogP contribution in [-0.4, -0.2) is 39.1 Å². The lowest BCUT2D eigenvalue weighted by molar-refractivity contribution is 0.158. The molecule has 0 aliphatic heterocycles. The largest absolute Gasteiger partial charge is 0.298 e. The van der Waals surface area contributed by atoms with E-state index in [0.29, 0.717) is 0 Å². The number of rotatable bonds is 6. The molecule has 0 bridgehead atoms. The monoisotopic (exact) mass is 313 g/mol. The van der Waals surface area contributed by atoms with Crippen molar-refractivity contribution in [3.05, 3.63) is 18.0 Å². The molecule has 1 aliphatic carbocycles. The normalized spacial score (nSPS) is 17.5. The Hall–Kier alpha value is -0.350. The second-order valence-electron chi connectivity index (χ2n) is 5.30. The SMILES string of the molecule is Cc1cnn(CCN(CCBr)C2CCCCC2)c1. The van der Waals surface area contributed by atoms with Crippen LogP contribution in [0.15, 0.2) is 12.4 Å². The van der Waals surface area contributed by atoms with Crippen molar-refractivity contribution in [1.29, 1.82) is 0 Å². The Morgan fingerprint density at radius 3 is 2.72 bits per heavy atom. The second-order valence-corrected chi connectivity index (χ2v) is 6.09. The van der Waals surface area contributed by atoms with Crippen LogP contribution in [0.3, 0.4) is 0 Å². The molecule has 0 radical (unpaired) electrons. The van der Waals surface area contributed by atoms with Gasteiger partial charge in [0.05, 0.1) is 12.7 Å². The molecule has 1 heterocycles. The summed E-state index contributed by atoms with van der Waals surface area (Å²) >= 11 is 3.58. The first-order chi connectivity index (χ1) is 8.79. The maximum Gasteiger partial charge on any atom is 0.0536 e. The van der Waals surface area contributed by atoms with Crippen molar-refractivity contribution in [1.82, 2.24) is 14.7 Å². The lowest BCUT2D eigenvalue weighted by Gasteiger charge is -2.33. The standard InChI is InChI=1S/C14H24BrN3/c1-13-11-16-18(12-13)10-9-17(8-7-15)14-5-3-2-4-6-14/h11-12,14H,2-10H2,1H3. The summed E-state index contributed by atoms with van der Waals surface area (Å²) in [6, 6.07) is 0.799. The summed E-state index contributed by atoms with van der Waals surface area (Å²) in [6.07, 6.45) is 11.1. The highest BCUT2D eigenvalue weighted by molar-refractivity contribution is 9.09. The summed E-state index contributed by atoms with van der Waals surface area (Å²) < 4.78 is 2.07. The molecule has 0 amide bonds. The Labute approximate surface area is 119 Å². The summed E-state index contributed by atoms with van der Waals surface area (Å²) in [5.74, 6) is 0. The van der Waals surface area contributed by atoms with E-state index in [2.05, 4.69) is 43.7 Å². The summed E-state index contributed by atoms with van der Waals surface area (Å²) in [5, 5.41) is 5.44. The van der Waals surface area contributed by atoms with Crippen LogP contribution in [0.4, 0.5) is 0 Å². The van der Waals surface area contributed by atoms with Crippen LogP contribution >= 0.6 is 15.9 Å². The van der Waals surface area contributed by atoms with E-state index < -0.39 is 0 Å². The number of hydrogen-bond acceptors (Lipinski definition) is 2. The topological polar surface area (TPSA) is 21.1 Å². The third-order valence-electron chi connectivity index (χ3n) is 3.84. The Bertz CT molecular complexity index is 345. The lowest BCUT2D eigenvalue weighted by Crippen LogP contribution is -2.40. The van der Waals surface area contributed by atoms with Crippen LogP contribution in [0.2, 0.25) is 0 Å². The third kappa shape index (κ3) is 4.09. The van der Waals surface area contributed by atoms with E-state index in [4.69, 9.17) is 0 Å². The Balaban J connectivity index is 1.85. The minimum atomic E-state index is 0.799. The van der Waals surface area contributed by atoms with E-state index in [1.54, 1.807) is 0 Å². The van der Waals surface area contributed by atoms with Gasteiger partial charge in [-0.05, 0) is 25.3 Å². The van der Waals surface area contributed by atoms with Crippen LogP contribution in [0.1, 0.15) is 37.7 Å². The molecule has 0 N–H and O–H groups in total. The molecule has 0 unspecified atom stereocenters. The quantitative estimate of drug-likeness (QED) is 0.752. The average Bonchev–Trinajstić information content (AvgIpc) is 2.81. The highest BCUT2D eigenvalue weighted by atomic mass is 79.9. The zero-order chi connectivity index (χ0) is 12.8. The summed E-state index contributed by atoms with van der Waals surface area (Å²) in [4.78, 5) is 2.64. The Kier molecular flexibility index (Phi) is 5.70. The van der Waals surface area contributed by atoms with E-state index >= 15 is 0 Å². The average molecular weight is 314 g/mol. The van der Waals surface area contributed by atoms with Crippen molar-refractivity contribution in [2.24, 2.45) is 0 Å². The van der Waals surface area contributed by atoms with E-state index in [-0.39, 0.29) is 0 Å². The molecule has 18 heavy (non-hydrogen) atoms. The van der Waals surface area contributed by atoms with Gasteiger partial charge in [0.25, 0.3) is 0 Å². The molecule has 1 aromatic heterocycles. The van der Waals surface area contributed by atoms with Gasteiger partial charge in [-0.3, -0.25) is 9.58 Å². The number of aryl methyl sites for hydroxylation is 1. The molecule has 1 saturated carbocycles. The van der Waals surface area contributed by atoms with Crippen molar-refractivity contribution in [3.63, 3.8) is 0 Å². The molecule has 0 spiro atoms. The fourth-order valence-electron chi connectivity index (χ4n) is 2.85. The smallest absolute Gasteiger partial charge is 0.0536 e. The molecule has 3 nitrogen and oxygen atoms in total. The molecule has 4 heteroatoms. The summed E-state index contributed by atoms with van der Waals surface area (Å²) in [7, 11) is 0. The predicted molar refractivity (Wildman–Crippen MR) is 79.2 cm³/mol. The summed E-state index contributed by atoms with van der Waals surface area (Å²) in [5.41, 5.74) is 1.25. The van der Waals surface area contributed by atoms with Crippen molar-refractivity contribution in [2.75, 3.05) is 18.4 Å². The van der Waals surface area contributed by atoms with E-state index in [1.807, 2.05) is 6.20 Å². The predicted octanol–water partition coefficient (Wildman–Crippen LogP) is 3.22. The summed E-state index contributed by atoms with van der Waals surface area (Å²) in [6.45, 7) is 5.39. The van der Waals surface area contributed by atoms with Crippen molar-refractivity contribution < 1.29 is 0 Å². The number of hydrogen-bond donors (Lipinski definition) is 0. The molecule has 1 aromatic rings. The van der Waals surface area contributed by atoms with Gasteiger partial charge >= 0.3 is 0 Å². The highest BCUT2D eigenvalue weighted by Crippen LogP contribution is 2.22. The molecule has 0 atom stereocenters. The van der Waals surface area contributed by atoms with E-state index in [9.17, 15) is 0 Å². The van der Waals surface area contributed by atoms with Gasteiger partial charge in [-0.15, -0.1) is 0 Å². The van der Waals surface area contributed by atoms with Crippen LogP contribution in [0.25, 0.3) is 0 Å². The molecule has 1 aliphatic rings. The van der Waals surface area contributed by atoms with E-state index in [1.165, 1.54) is 37.7 Å². The third-order valence-corrected chi connectivity index (χ3v) is 4.20. The molecule has 2 rings (SSSR count). The maximum absolute atomic E-state index is 4.37. The zero-order valence-corrected chi connectivity index (χ0v) is 12.9. The molecule has 0 saturated heterocycles. The number of halogens is 1. The van der Waals surface area contributed by atoms with Crippen LogP contribution in [0.5, 0.6) is 0 Å². The first-order valence-electron chi connectivity index (χ1n) is 7.08. The zero-order valence-electron chi connectivity index (χ0n) is 11.3. The highest BCUT2D eigenvalue weighted by Gasteiger charge is 2.20. The fraction of sp³-hybridized carbons (Fsp3) is 0.786. The van der Waals surface area contributed by atoms with Gasteiger partial charge in [0.15, 0.2) is 0 Å². The number of aromatic nitrogens is 2. The molecule has 1 fully saturated rings. The lowest BCUT2D eigenvalue weighted by atomic mass is 9.94. The van der Waals surface area contributed by atoms with Crippen molar-refractivity contribution in [3.8, 4) is 0 Å². The fourth-order valence-corrected chi connectivity index (χ4v) is 3.31. The first kappa shape index (κ1) is 14.1. The minimum absolute atomic E-state index is 0.799. The van der Waals surface area contributed by atoms with Gasteiger partial charge < -0.3 is 0 Å². The van der Waals surface area contributed by atoms with Gasteiger partial charge in [-0.2, -0.15) is 5.10 Å². The van der Waals surface area contributed by atoms with Crippen molar-refractivity contribution in [2.45, 2.75) is 51.6 Å². The molecular formula is C14H24BrN3.